The molecule has 23 heavy (non-hydrogen) atoms. The smallest absolute Gasteiger partial charge is 0.237 e. The van der Waals surface area contributed by atoms with Gasteiger partial charge in [-0.25, -0.2) is 0 Å². The summed E-state index contributed by atoms with van der Waals surface area (Å²) in [6.07, 6.45) is 4.39. The molecule has 0 radical (unpaired) electrons. The fourth-order valence-electron chi connectivity index (χ4n) is 3.24. The van der Waals surface area contributed by atoms with Gasteiger partial charge >= 0.3 is 0 Å². The van der Waals surface area contributed by atoms with Gasteiger partial charge in [0.25, 0.3) is 0 Å². The maximum absolute atomic E-state index is 12.6. The molecule has 1 unspecified atom stereocenters. The van der Waals surface area contributed by atoms with Gasteiger partial charge in [-0.05, 0) is 25.3 Å². The maximum atomic E-state index is 12.6. The molecule has 2 N–H and O–H groups in total. The van der Waals surface area contributed by atoms with Gasteiger partial charge < -0.3 is 10.6 Å². The van der Waals surface area contributed by atoms with Crippen molar-refractivity contribution in [3.05, 3.63) is 35.9 Å². The molecule has 0 aromatic heterocycles. The Kier molecular flexibility index (Phi) is 6.16. The highest BCUT2D eigenvalue weighted by Gasteiger charge is 2.27. The van der Waals surface area contributed by atoms with Crippen LogP contribution in [0.25, 0.3) is 0 Å². The minimum atomic E-state index is -0.372. The van der Waals surface area contributed by atoms with Gasteiger partial charge in [0.15, 0.2) is 0 Å². The van der Waals surface area contributed by atoms with E-state index in [1.807, 2.05) is 49.2 Å². The van der Waals surface area contributed by atoms with Gasteiger partial charge in [0.2, 0.25) is 11.8 Å². The average molecular weight is 317 g/mol. The van der Waals surface area contributed by atoms with Crippen molar-refractivity contribution < 1.29 is 9.59 Å². The highest BCUT2D eigenvalue weighted by molar-refractivity contribution is 5.80. The molecule has 1 aliphatic rings. The average Bonchev–Trinajstić information content (AvgIpc) is 3.07. The number of carbonyl (C=O) groups is 2. The van der Waals surface area contributed by atoms with Crippen molar-refractivity contribution in [3.63, 3.8) is 0 Å². The zero-order chi connectivity index (χ0) is 16.8. The van der Waals surface area contributed by atoms with E-state index in [0.29, 0.717) is 6.04 Å². The number of nitrogens with zero attached hydrogens (tertiary/aromatic N) is 2. The van der Waals surface area contributed by atoms with Crippen molar-refractivity contribution >= 4 is 11.8 Å². The molecule has 0 aliphatic heterocycles. The van der Waals surface area contributed by atoms with Crippen LogP contribution >= 0.6 is 0 Å². The molecule has 1 saturated carbocycles. The molecule has 2 rings (SSSR count). The van der Waals surface area contributed by atoms with Crippen LogP contribution in [0.2, 0.25) is 0 Å². The number of amides is 2. The number of nitrogens with two attached hydrogens (primary N) is 1. The third-order valence-corrected chi connectivity index (χ3v) is 4.79. The fourth-order valence-corrected chi connectivity index (χ4v) is 3.24. The molecule has 0 spiro atoms. The Morgan fingerprint density at radius 3 is 2.35 bits per heavy atom. The molecule has 1 aliphatic carbocycles. The first kappa shape index (κ1) is 17.5. The van der Waals surface area contributed by atoms with Crippen molar-refractivity contribution in [2.24, 2.45) is 5.73 Å². The number of hydrogen-bond donors (Lipinski definition) is 1. The van der Waals surface area contributed by atoms with Gasteiger partial charge in [-0.1, -0.05) is 43.2 Å². The molecule has 0 saturated heterocycles. The van der Waals surface area contributed by atoms with Crippen molar-refractivity contribution in [3.8, 4) is 0 Å². The second-order valence-electron chi connectivity index (χ2n) is 6.40. The largest absolute Gasteiger partial charge is 0.369 e. The first-order valence-electron chi connectivity index (χ1n) is 8.32. The molecule has 5 nitrogen and oxygen atoms in total. The van der Waals surface area contributed by atoms with Gasteiger partial charge in [-0.3, -0.25) is 14.5 Å². The van der Waals surface area contributed by atoms with E-state index >= 15 is 0 Å². The predicted octanol–water partition coefficient (Wildman–Crippen LogP) is 1.94. The lowest BCUT2D eigenvalue weighted by Gasteiger charge is -2.31. The van der Waals surface area contributed by atoms with E-state index in [0.717, 1.165) is 31.2 Å². The Labute approximate surface area is 138 Å². The van der Waals surface area contributed by atoms with Crippen LogP contribution in [0.3, 0.4) is 0 Å². The molecule has 1 atom stereocenters. The quantitative estimate of drug-likeness (QED) is 0.835. The second kappa shape index (κ2) is 8.11. The summed E-state index contributed by atoms with van der Waals surface area (Å²) in [6.45, 7) is 2.42. The second-order valence-corrected chi connectivity index (χ2v) is 6.40. The SMILES string of the molecule is CC(c1ccccc1)N(C)C(=O)CN(CC(N)=O)C1CCCC1. The lowest BCUT2D eigenvalue weighted by atomic mass is 10.1. The zero-order valence-corrected chi connectivity index (χ0v) is 14.1. The Balaban J connectivity index is 2.00. The van der Waals surface area contributed by atoms with E-state index in [1.165, 1.54) is 0 Å². The van der Waals surface area contributed by atoms with E-state index < -0.39 is 0 Å². The minimum absolute atomic E-state index is 0.00251. The Morgan fingerprint density at radius 2 is 1.78 bits per heavy atom. The number of carbonyl (C=O) groups excluding carboxylic acids is 2. The summed E-state index contributed by atoms with van der Waals surface area (Å²) < 4.78 is 0. The normalized spacial score (nSPS) is 16.5. The van der Waals surface area contributed by atoms with Crippen LogP contribution in [0.4, 0.5) is 0 Å². The molecule has 0 heterocycles. The first-order chi connectivity index (χ1) is 11.0. The highest BCUT2D eigenvalue weighted by atomic mass is 16.2. The van der Waals surface area contributed by atoms with Gasteiger partial charge in [0, 0.05) is 13.1 Å². The molecular weight excluding hydrogens is 290 g/mol. The minimum Gasteiger partial charge on any atom is -0.369 e. The van der Waals surface area contributed by atoms with Crippen molar-refractivity contribution in [1.29, 1.82) is 0 Å². The Morgan fingerprint density at radius 1 is 1.17 bits per heavy atom. The third-order valence-electron chi connectivity index (χ3n) is 4.79. The van der Waals surface area contributed by atoms with Crippen LogP contribution in [0.15, 0.2) is 30.3 Å². The predicted molar refractivity (Wildman–Crippen MR) is 90.7 cm³/mol. The first-order valence-corrected chi connectivity index (χ1v) is 8.32. The van der Waals surface area contributed by atoms with E-state index in [4.69, 9.17) is 5.73 Å². The summed E-state index contributed by atoms with van der Waals surface area (Å²) in [5, 5.41) is 0. The molecule has 1 aromatic rings. The number of likely N-dealkylation sites (N-methyl/N-ethyl adjacent to an activating group) is 1. The van der Waals surface area contributed by atoms with E-state index in [2.05, 4.69) is 0 Å². The summed E-state index contributed by atoms with van der Waals surface area (Å²) >= 11 is 0. The lowest BCUT2D eigenvalue weighted by Crippen LogP contribution is -2.46. The summed E-state index contributed by atoms with van der Waals surface area (Å²) in [5.74, 6) is -0.349. The highest BCUT2D eigenvalue weighted by Crippen LogP contribution is 2.24. The van der Waals surface area contributed by atoms with E-state index in [9.17, 15) is 9.59 Å². The van der Waals surface area contributed by atoms with Crippen molar-refractivity contribution in [1.82, 2.24) is 9.80 Å². The molecule has 126 valence electrons. The monoisotopic (exact) mass is 317 g/mol. The van der Waals surface area contributed by atoms with Crippen LogP contribution in [0.1, 0.15) is 44.2 Å². The zero-order valence-electron chi connectivity index (χ0n) is 14.1. The molecule has 1 fully saturated rings. The Bertz CT molecular complexity index is 526. The van der Waals surface area contributed by atoms with Crippen molar-refractivity contribution in [2.45, 2.75) is 44.7 Å². The summed E-state index contributed by atoms with van der Waals surface area (Å²) in [6, 6.07) is 10.3. The van der Waals surface area contributed by atoms with Gasteiger partial charge in [-0.2, -0.15) is 0 Å². The number of hydrogen-bond acceptors (Lipinski definition) is 3. The summed E-state index contributed by atoms with van der Waals surface area (Å²) in [5.41, 5.74) is 6.46. The van der Waals surface area contributed by atoms with Crippen LogP contribution in [0.5, 0.6) is 0 Å². The number of primary amides is 1. The van der Waals surface area contributed by atoms with Gasteiger partial charge in [0.1, 0.15) is 0 Å². The summed E-state index contributed by atoms with van der Waals surface area (Å²) in [4.78, 5) is 27.7. The van der Waals surface area contributed by atoms with Gasteiger partial charge in [0.05, 0.1) is 19.1 Å². The van der Waals surface area contributed by atoms with Crippen LogP contribution in [-0.2, 0) is 9.59 Å². The lowest BCUT2D eigenvalue weighted by molar-refractivity contribution is -0.134. The van der Waals surface area contributed by atoms with Gasteiger partial charge in [-0.15, -0.1) is 0 Å². The van der Waals surface area contributed by atoms with Crippen LogP contribution in [-0.4, -0.2) is 47.8 Å². The van der Waals surface area contributed by atoms with Crippen molar-refractivity contribution in [2.75, 3.05) is 20.1 Å². The standard InChI is InChI=1S/C18H27N3O2/c1-14(15-8-4-3-5-9-15)20(2)18(23)13-21(12-17(19)22)16-10-6-7-11-16/h3-5,8-9,14,16H,6-7,10-13H2,1-2H3,(H2,19,22). The van der Waals surface area contributed by atoms with Crippen LogP contribution in [0, 0.1) is 0 Å². The van der Waals surface area contributed by atoms with Crippen LogP contribution < -0.4 is 5.73 Å². The molecule has 2 amide bonds. The molecule has 1 aromatic carbocycles. The maximum Gasteiger partial charge on any atom is 0.237 e. The Hall–Kier alpha value is -1.88. The van der Waals surface area contributed by atoms with E-state index in [-0.39, 0.29) is 30.9 Å². The number of benzene rings is 1. The molecular formula is C18H27N3O2. The number of rotatable bonds is 7. The molecule has 0 bridgehead atoms. The van der Waals surface area contributed by atoms with E-state index in [1.54, 1.807) is 4.90 Å². The third kappa shape index (κ3) is 4.79. The topological polar surface area (TPSA) is 66.6 Å². The molecule has 5 heteroatoms. The summed E-state index contributed by atoms with van der Waals surface area (Å²) in [7, 11) is 1.82. The fraction of sp³-hybridized carbons (Fsp3) is 0.556.